The molecule has 2 aromatic rings. The molecule has 0 spiro atoms. The Morgan fingerprint density at radius 2 is 1.89 bits per heavy atom. The lowest BCUT2D eigenvalue weighted by Crippen LogP contribution is -2.21. The summed E-state index contributed by atoms with van der Waals surface area (Å²) >= 11 is 5.86. The molecule has 0 fully saturated rings. The lowest BCUT2D eigenvalue weighted by Gasteiger charge is -2.11. The molecule has 2 aromatic carbocycles. The summed E-state index contributed by atoms with van der Waals surface area (Å²) < 4.78 is 4.92. The first-order chi connectivity index (χ1) is 12.8. The number of benzene rings is 2. The molecule has 2 rings (SSSR count). The Bertz CT molecular complexity index is 852. The van der Waals surface area contributed by atoms with Crippen LogP contribution >= 0.6 is 11.6 Å². The Morgan fingerprint density at radius 1 is 1.22 bits per heavy atom. The van der Waals surface area contributed by atoms with Gasteiger partial charge in [-0.15, -0.1) is 0 Å². The zero-order valence-corrected chi connectivity index (χ0v) is 15.7. The molecule has 8 heteroatoms. The van der Waals surface area contributed by atoms with Crippen molar-refractivity contribution in [3.8, 4) is 0 Å². The predicted octanol–water partition coefficient (Wildman–Crippen LogP) is 4.56. The lowest BCUT2D eigenvalue weighted by molar-refractivity contribution is -0.384. The lowest BCUT2D eigenvalue weighted by atomic mass is 9.99. The molecule has 1 N–H and O–H groups in total. The minimum absolute atomic E-state index is 0.0482. The van der Waals surface area contributed by atoms with E-state index in [9.17, 15) is 19.7 Å². The van der Waals surface area contributed by atoms with Gasteiger partial charge in [0.2, 0.25) is 0 Å². The number of anilines is 1. The predicted molar refractivity (Wildman–Crippen MR) is 102 cm³/mol. The van der Waals surface area contributed by atoms with Gasteiger partial charge in [-0.25, -0.2) is 4.79 Å². The van der Waals surface area contributed by atoms with Crippen LogP contribution in [0.25, 0.3) is 0 Å². The van der Waals surface area contributed by atoms with Crippen LogP contribution in [0.5, 0.6) is 0 Å². The first kappa shape index (κ1) is 20.4. The number of nitro benzene ring substituents is 1. The second kappa shape index (κ2) is 9.14. The van der Waals surface area contributed by atoms with E-state index in [2.05, 4.69) is 19.2 Å². The van der Waals surface area contributed by atoms with E-state index in [1.165, 1.54) is 11.6 Å². The Balaban J connectivity index is 1.91. The maximum atomic E-state index is 12.0. The number of nitrogens with zero attached hydrogens (tertiary/aromatic N) is 1. The largest absolute Gasteiger partial charge is 0.452 e. The second-order valence-corrected chi connectivity index (χ2v) is 6.38. The molecule has 7 nitrogen and oxygen atoms in total. The van der Waals surface area contributed by atoms with Gasteiger partial charge in [0.1, 0.15) is 0 Å². The molecule has 0 aromatic heterocycles. The summed E-state index contributed by atoms with van der Waals surface area (Å²) in [6.45, 7) is 3.72. The van der Waals surface area contributed by atoms with Gasteiger partial charge in [0.15, 0.2) is 6.61 Å². The van der Waals surface area contributed by atoms with E-state index in [0.717, 1.165) is 18.6 Å². The van der Waals surface area contributed by atoms with Crippen LogP contribution in [0.4, 0.5) is 11.4 Å². The zero-order chi connectivity index (χ0) is 20.0. The first-order valence-electron chi connectivity index (χ1n) is 8.32. The first-order valence-corrected chi connectivity index (χ1v) is 8.70. The third kappa shape index (κ3) is 5.52. The number of non-ortho nitro benzene ring substituents is 1. The maximum Gasteiger partial charge on any atom is 0.340 e. The SMILES string of the molecule is CC[C@H](C)c1ccc(NC(=O)COC(=O)c2ccc([N+](=O)[O-])cc2Cl)cc1. The number of hydrogen-bond acceptors (Lipinski definition) is 5. The number of ether oxygens (including phenoxy) is 1. The van der Waals surface area contributed by atoms with Crippen molar-refractivity contribution in [1.29, 1.82) is 0 Å². The number of carbonyl (C=O) groups excluding carboxylic acids is 2. The number of hydrogen-bond donors (Lipinski definition) is 1. The molecule has 1 atom stereocenters. The summed E-state index contributed by atoms with van der Waals surface area (Å²) in [4.78, 5) is 34.0. The number of esters is 1. The van der Waals surface area contributed by atoms with Gasteiger partial charge in [-0.05, 0) is 36.1 Å². The van der Waals surface area contributed by atoms with E-state index < -0.39 is 23.4 Å². The molecule has 27 heavy (non-hydrogen) atoms. The summed E-state index contributed by atoms with van der Waals surface area (Å²) in [5, 5.41) is 13.2. The molecule has 0 aliphatic carbocycles. The van der Waals surface area contributed by atoms with Crippen molar-refractivity contribution in [2.24, 2.45) is 0 Å². The van der Waals surface area contributed by atoms with E-state index in [1.54, 1.807) is 12.1 Å². The molecule has 0 saturated heterocycles. The molecular formula is C19H19ClN2O5. The van der Waals surface area contributed by atoms with Crippen LogP contribution in [0.3, 0.4) is 0 Å². The normalized spacial score (nSPS) is 11.5. The van der Waals surface area contributed by atoms with E-state index in [-0.39, 0.29) is 16.3 Å². The van der Waals surface area contributed by atoms with Gasteiger partial charge in [-0.1, -0.05) is 37.6 Å². The monoisotopic (exact) mass is 390 g/mol. The van der Waals surface area contributed by atoms with Crippen LogP contribution in [0.15, 0.2) is 42.5 Å². The molecule has 0 unspecified atom stereocenters. The minimum Gasteiger partial charge on any atom is -0.452 e. The van der Waals surface area contributed by atoms with Gasteiger partial charge in [0, 0.05) is 17.8 Å². The van der Waals surface area contributed by atoms with Crippen molar-refractivity contribution in [2.75, 3.05) is 11.9 Å². The summed E-state index contributed by atoms with van der Waals surface area (Å²) in [7, 11) is 0. The van der Waals surface area contributed by atoms with Gasteiger partial charge >= 0.3 is 5.97 Å². The fraction of sp³-hybridized carbons (Fsp3) is 0.263. The van der Waals surface area contributed by atoms with Crippen LogP contribution in [0.1, 0.15) is 42.1 Å². The fourth-order valence-corrected chi connectivity index (χ4v) is 2.57. The molecule has 0 heterocycles. The fourth-order valence-electron chi connectivity index (χ4n) is 2.32. The highest BCUT2D eigenvalue weighted by atomic mass is 35.5. The number of rotatable bonds is 7. The molecule has 0 saturated carbocycles. The molecule has 0 aliphatic heterocycles. The smallest absolute Gasteiger partial charge is 0.340 e. The Hall–Kier alpha value is -2.93. The van der Waals surface area contributed by atoms with Gasteiger partial charge in [-0.2, -0.15) is 0 Å². The summed E-state index contributed by atoms with van der Waals surface area (Å²) in [6, 6.07) is 10.8. The minimum atomic E-state index is -0.836. The van der Waals surface area contributed by atoms with Crippen LogP contribution in [-0.2, 0) is 9.53 Å². The second-order valence-electron chi connectivity index (χ2n) is 5.98. The molecule has 0 aliphatic rings. The quantitative estimate of drug-likeness (QED) is 0.424. The molecular weight excluding hydrogens is 372 g/mol. The van der Waals surface area contributed by atoms with Crippen LogP contribution < -0.4 is 5.32 Å². The Morgan fingerprint density at radius 3 is 2.44 bits per heavy atom. The zero-order valence-electron chi connectivity index (χ0n) is 14.9. The Kier molecular flexibility index (Phi) is 6.90. The van der Waals surface area contributed by atoms with Crippen molar-refractivity contribution >= 4 is 34.9 Å². The number of nitrogens with one attached hydrogen (secondary N) is 1. The molecule has 142 valence electrons. The van der Waals surface area contributed by atoms with Crippen molar-refractivity contribution < 1.29 is 19.2 Å². The van der Waals surface area contributed by atoms with Gasteiger partial charge in [-0.3, -0.25) is 14.9 Å². The van der Waals surface area contributed by atoms with Crippen LogP contribution in [0.2, 0.25) is 5.02 Å². The highest BCUT2D eigenvalue weighted by Gasteiger charge is 2.17. The van der Waals surface area contributed by atoms with E-state index in [0.29, 0.717) is 11.6 Å². The maximum absolute atomic E-state index is 12.0. The van der Waals surface area contributed by atoms with Gasteiger partial charge < -0.3 is 10.1 Å². The third-order valence-electron chi connectivity index (χ3n) is 4.09. The number of nitro groups is 1. The molecule has 1 amide bonds. The van der Waals surface area contributed by atoms with E-state index in [1.807, 2.05) is 12.1 Å². The standard InChI is InChI=1S/C19H19ClN2O5/c1-3-12(2)13-4-6-14(7-5-13)21-18(23)11-27-19(24)16-9-8-15(22(25)26)10-17(16)20/h4-10,12H,3,11H2,1-2H3,(H,21,23)/t12-/m0/s1. The van der Waals surface area contributed by atoms with Gasteiger partial charge in [0.25, 0.3) is 11.6 Å². The number of halogens is 1. The highest BCUT2D eigenvalue weighted by molar-refractivity contribution is 6.33. The van der Waals surface area contributed by atoms with Crippen molar-refractivity contribution in [1.82, 2.24) is 0 Å². The van der Waals surface area contributed by atoms with Crippen LogP contribution in [0, 0.1) is 10.1 Å². The average Bonchev–Trinajstić information content (AvgIpc) is 2.65. The van der Waals surface area contributed by atoms with E-state index >= 15 is 0 Å². The van der Waals surface area contributed by atoms with Gasteiger partial charge in [0.05, 0.1) is 15.5 Å². The third-order valence-corrected chi connectivity index (χ3v) is 4.41. The Labute approximate surface area is 161 Å². The van der Waals surface area contributed by atoms with Crippen molar-refractivity contribution in [3.05, 3.63) is 68.7 Å². The van der Waals surface area contributed by atoms with Crippen molar-refractivity contribution in [2.45, 2.75) is 26.2 Å². The van der Waals surface area contributed by atoms with Crippen LogP contribution in [-0.4, -0.2) is 23.4 Å². The molecule has 0 radical (unpaired) electrons. The van der Waals surface area contributed by atoms with E-state index in [4.69, 9.17) is 16.3 Å². The topological polar surface area (TPSA) is 98.5 Å². The number of carbonyl (C=O) groups is 2. The summed E-state index contributed by atoms with van der Waals surface area (Å²) in [6.07, 6.45) is 1.02. The number of amides is 1. The summed E-state index contributed by atoms with van der Waals surface area (Å²) in [5.74, 6) is -0.906. The molecule has 0 bridgehead atoms. The average molecular weight is 391 g/mol. The van der Waals surface area contributed by atoms with Crippen molar-refractivity contribution in [3.63, 3.8) is 0 Å². The highest BCUT2D eigenvalue weighted by Crippen LogP contribution is 2.23. The summed E-state index contributed by atoms with van der Waals surface area (Å²) in [5.41, 5.74) is 1.48.